The first-order chi connectivity index (χ1) is 7.33. The van der Waals surface area contributed by atoms with Gasteiger partial charge in [-0.15, -0.1) is 0 Å². The number of aromatic amines is 1. The average Bonchev–Trinajstić information content (AvgIpc) is 2.28. The van der Waals surface area contributed by atoms with Gasteiger partial charge in [-0.05, 0) is 13.0 Å². The smallest absolute Gasteiger partial charge is 0.211 e. The van der Waals surface area contributed by atoms with Gasteiger partial charge in [0, 0.05) is 17.7 Å². The highest BCUT2D eigenvalue weighted by Gasteiger charge is 2.07. The molecule has 0 unspecified atom stereocenters. The summed E-state index contributed by atoms with van der Waals surface area (Å²) in [5.41, 5.74) is 3.06. The molecule has 1 N–H and O–H groups in total. The summed E-state index contributed by atoms with van der Waals surface area (Å²) in [5, 5.41) is 5.10. The Bertz CT molecular complexity index is 500. The van der Waals surface area contributed by atoms with Crippen molar-refractivity contribution in [2.45, 2.75) is 6.92 Å². The highest BCUT2D eigenvalue weighted by Crippen LogP contribution is 2.15. The Balaban J connectivity index is 2.66. The monoisotopic (exact) mass is 201 g/mol. The minimum absolute atomic E-state index is 0.878. The van der Waals surface area contributed by atoms with Crippen molar-refractivity contribution in [3.63, 3.8) is 0 Å². The normalized spacial score (nSPS) is 11.7. The highest BCUT2D eigenvalue weighted by atomic mass is 16.6. The van der Waals surface area contributed by atoms with Crippen LogP contribution in [-0.4, -0.2) is 12.8 Å². The van der Waals surface area contributed by atoms with E-state index < -0.39 is 0 Å². The van der Waals surface area contributed by atoms with Crippen LogP contribution in [0, 0.1) is 0 Å². The number of rotatable bonds is 2. The molecule has 0 saturated heterocycles. The van der Waals surface area contributed by atoms with E-state index >= 15 is 0 Å². The molecule has 2 aromatic rings. The van der Waals surface area contributed by atoms with Crippen molar-refractivity contribution in [2.24, 2.45) is 5.16 Å². The molecule has 1 heterocycles. The second-order valence-corrected chi connectivity index (χ2v) is 3.30. The third kappa shape index (κ3) is 1.81. The van der Waals surface area contributed by atoms with E-state index in [1.54, 1.807) is 7.11 Å². The van der Waals surface area contributed by atoms with Gasteiger partial charge in [0.25, 0.3) is 0 Å². The SMILES string of the molecule is CON=C(C)c1cccc2[nH+]cccc12. The van der Waals surface area contributed by atoms with Crippen LogP contribution in [0.3, 0.4) is 0 Å². The van der Waals surface area contributed by atoms with Gasteiger partial charge < -0.3 is 4.84 Å². The van der Waals surface area contributed by atoms with Crippen LogP contribution >= 0.6 is 0 Å². The zero-order valence-electron chi connectivity index (χ0n) is 8.82. The van der Waals surface area contributed by atoms with E-state index in [4.69, 9.17) is 4.84 Å². The fourth-order valence-electron chi connectivity index (χ4n) is 1.65. The number of nitrogens with one attached hydrogen (secondary N) is 1. The quantitative estimate of drug-likeness (QED) is 0.541. The van der Waals surface area contributed by atoms with Crippen LogP contribution < -0.4 is 4.98 Å². The second-order valence-electron chi connectivity index (χ2n) is 3.30. The Morgan fingerprint density at radius 2 is 2.13 bits per heavy atom. The fourth-order valence-corrected chi connectivity index (χ4v) is 1.65. The average molecular weight is 201 g/mol. The van der Waals surface area contributed by atoms with Crippen LogP contribution in [0.4, 0.5) is 0 Å². The second kappa shape index (κ2) is 4.09. The van der Waals surface area contributed by atoms with Gasteiger partial charge >= 0.3 is 0 Å². The molecule has 0 spiro atoms. The molecule has 1 aromatic heterocycles. The lowest BCUT2D eigenvalue weighted by atomic mass is 10.1. The summed E-state index contributed by atoms with van der Waals surface area (Å²) in [6.45, 7) is 1.94. The summed E-state index contributed by atoms with van der Waals surface area (Å²) < 4.78 is 0. The Kier molecular flexibility index (Phi) is 2.63. The molecule has 76 valence electrons. The van der Waals surface area contributed by atoms with Gasteiger partial charge in [-0.2, -0.15) is 0 Å². The number of fused-ring (bicyclic) bond motifs is 1. The largest absolute Gasteiger partial charge is 0.399 e. The van der Waals surface area contributed by atoms with E-state index in [1.165, 1.54) is 0 Å². The van der Waals surface area contributed by atoms with Crippen molar-refractivity contribution in [1.29, 1.82) is 0 Å². The van der Waals surface area contributed by atoms with Crippen LogP contribution in [0.5, 0.6) is 0 Å². The molecule has 0 saturated carbocycles. The maximum atomic E-state index is 4.78. The number of hydrogen-bond acceptors (Lipinski definition) is 2. The number of H-pyrrole nitrogens is 1. The van der Waals surface area contributed by atoms with Gasteiger partial charge in [0.15, 0.2) is 6.20 Å². The van der Waals surface area contributed by atoms with E-state index in [0.29, 0.717) is 0 Å². The summed E-state index contributed by atoms with van der Waals surface area (Å²) in [5.74, 6) is 0. The fraction of sp³-hybridized carbons (Fsp3) is 0.167. The molecule has 0 amide bonds. The van der Waals surface area contributed by atoms with Gasteiger partial charge in [-0.1, -0.05) is 17.3 Å². The van der Waals surface area contributed by atoms with Crippen LogP contribution in [0.15, 0.2) is 41.7 Å². The van der Waals surface area contributed by atoms with Gasteiger partial charge in [-0.3, -0.25) is 0 Å². The maximum Gasteiger partial charge on any atom is 0.211 e. The van der Waals surface area contributed by atoms with Crippen molar-refractivity contribution in [3.05, 3.63) is 42.1 Å². The molecule has 0 aliphatic rings. The van der Waals surface area contributed by atoms with E-state index in [2.05, 4.69) is 16.2 Å². The Morgan fingerprint density at radius 1 is 1.27 bits per heavy atom. The Morgan fingerprint density at radius 3 is 2.93 bits per heavy atom. The molecular formula is C12H13N2O+. The predicted molar refractivity (Wildman–Crippen MR) is 59.7 cm³/mol. The molecule has 2 rings (SSSR count). The van der Waals surface area contributed by atoms with Crippen LogP contribution in [0.25, 0.3) is 10.9 Å². The van der Waals surface area contributed by atoms with Crippen LogP contribution in [0.1, 0.15) is 12.5 Å². The molecule has 0 radical (unpaired) electrons. The van der Waals surface area contributed by atoms with Gasteiger partial charge in [0.1, 0.15) is 7.11 Å². The first-order valence-corrected chi connectivity index (χ1v) is 4.80. The van der Waals surface area contributed by atoms with Crippen molar-refractivity contribution < 1.29 is 9.82 Å². The number of benzene rings is 1. The zero-order chi connectivity index (χ0) is 10.7. The highest BCUT2D eigenvalue weighted by molar-refractivity contribution is 6.08. The van der Waals surface area contributed by atoms with Crippen molar-refractivity contribution in [2.75, 3.05) is 7.11 Å². The van der Waals surface area contributed by atoms with Gasteiger partial charge in [-0.25, -0.2) is 4.98 Å². The summed E-state index contributed by atoms with van der Waals surface area (Å²) >= 11 is 0. The molecule has 0 fully saturated rings. The topological polar surface area (TPSA) is 35.7 Å². The molecule has 3 nitrogen and oxygen atoms in total. The summed E-state index contributed by atoms with van der Waals surface area (Å²) in [4.78, 5) is 7.98. The lowest BCUT2D eigenvalue weighted by Crippen LogP contribution is -2.04. The maximum absolute atomic E-state index is 4.78. The Labute approximate surface area is 88.4 Å². The number of aromatic nitrogens is 1. The van der Waals surface area contributed by atoms with Gasteiger partial charge in [0.2, 0.25) is 5.52 Å². The minimum atomic E-state index is 0.878. The standard InChI is InChI=1S/C12H12N2O/c1-9(14-15-2)10-5-3-7-12-11(10)6-4-8-13-12/h3-8H,1-2H3/p+1. The van der Waals surface area contributed by atoms with Crippen LogP contribution in [-0.2, 0) is 4.84 Å². The Hall–Kier alpha value is -1.90. The van der Waals surface area contributed by atoms with Crippen molar-refractivity contribution >= 4 is 16.6 Å². The molecule has 15 heavy (non-hydrogen) atoms. The molecule has 1 aromatic carbocycles. The van der Waals surface area contributed by atoms with Crippen LogP contribution in [0.2, 0.25) is 0 Å². The van der Waals surface area contributed by atoms with Crippen molar-refractivity contribution in [3.8, 4) is 0 Å². The molecular weight excluding hydrogens is 188 g/mol. The third-order valence-electron chi connectivity index (χ3n) is 2.32. The summed E-state index contributed by atoms with van der Waals surface area (Å²) in [6, 6.07) is 10.1. The lowest BCUT2D eigenvalue weighted by molar-refractivity contribution is -0.344. The van der Waals surface area contributed by atoms with E-state index in [1.807, 2.05) is 37.4 Å². The number of hydrogen-bond donors (Lipinski definition) is 0. The third-order valence-corrected chi connectivity index (χ3v) is 2.32. The minimum Gasteiger partial charge on any atom is -0.399 e. The number of pyridine rings is 1. The number of nitrogens with zero attached hydrogens (tertiary/aromatic N) is 1. The molecule has 3 heteroatoms. The van der Waals surface area contributed by atoms with E-state index in [-0.39, 0.29) is 0 Å². The van der Waals surface area contributed by atoms with Gasteiger partial charge in [0.05, 0.1) is 11.1 Å². The molecule has 0 aliphatic carbocycles. The lowest BCUT2D eigenvalue weighted by Gasteiger charge is -2.01. The van der Waals surface area contributed by atoms with Crippen molar-refractivity contribution in [1.82, 2.24) is 0 Å². The summed E-state index contributed by atoms with van der Waals surface area (Å²) in [6.07, 6.45) is 1.91. The molecule has 0 bridgehead atoms. The summed E-state index contributed by atoms with van der Waals surface area (Å²) in [7, 11) is 1.56. The first kappa shape index (κ1) is 9.65. The molecule has 0 aliphatic heterocycles. The zero-order valence-corrected chi connectivity index (χ0v) is 8.82. The number of oxime groups is 1. The predicted octanol–water partition coefficient (Wildman–Crippen LogP) is 2.02. The molecule has 0 atom stereocenters. The van der Waals surface area contributed by atoms with E-state index in [0.717, 1.165) is 22.2 Å². The first-order valence-electron chi connectivity index (χ1n) is 4.80. The van der Waals surface area contributed by atoms with E-state index in [9.17, 15) is 0 Å².